The number of likely N-dealkylation sites (tertiary alicyclic amines) is 1. The van der Waals surface area contributed by atoms with Gasteiger partial charge in [0.1, 0.15) is 11.6 Å². The fourth-order valence-corrected chi connectivity index (χ4v) is 6.98. The molecule has 0 radical (unpaired) electrons. The molecule has 3 unspecified atom stereocenters. The fraction of sp³-hybridized carbons (Fsp3) is 0.519. The average molecular weight is 596 g/mol. The molecule has 0 aliphatic carbocycles. The normalized spacial score (nSPS) is 29.8. The fourth-order valence-electron chi connectivity index (χ4n) is 5.91. The Kier molecular flexibility index (Phi) is 8.78. The third kappa shape index (κ3) is 4.99. The Hall–Kier alpha value is -2.20. The second-order valence-electron chi connectivity index (χ2n) is 9.58. The zero-order chi connectivity index (χ0) is 26.7. The topological polar surface area (TPSA) is 96.4 Å². The van der Waals surface area contributed by atoms with Crippen LogP contribution in [0.4, 0.5) is 5.69 Å². The smallest absolute Gasteiger partial charge is 0.312 e. The van der Waals surface area contributed by atoms with Gasteiger partial charge in [-0.2, -0.15) is 0 Å². The Labute approximate surface area is 230 Å². The van der Waals surface area contributed by atoms with Crippen LogP contribution in [0.2, 0.25) is 5.02 Å². The monoisotopic (exact) mass is 594 g/mol. The van der Waals surface area contributed by atoms with Crippen molar-refractivity contribution in [2.75, 3.05) is 31.2 Å². The Bertz CT molecular complexity index is 1050. The first-order valence-corrected chi connectivity index (χ1v) is 13.8. The number of unbranched alkanes of at least 4 members (excludes halogenated alkanes) is 2. The number of β-amino-alcohol motifs (C(OH)–C–C–N with tert-alkyl or cyclic N) is 1. The Morgan fingerprint density at radius 3 is 2.65 bits per heavy atom. The number of anilines is 1. The molecule has 0 aromatic heterocycles. The molecule has 10 heteroatoms. The highest BCUT2D eigenvalue weighted by Gasteiger charge is 2.77. The molecule has 1 N–H and O–H groups in total. The molecule has 0 saturated carbocycles. The number of alkyl halides is 1. The van der Waals surface area contributed by atoms with Crippen LogP contribution in [0.5, 0.6) is 0 Å². The third-order valence-electron chi connectivity index (χ3n) is 7.40. The zero-order valence-electron chi connectivity index (χ0n) is 20.6. The van der Waals surface area contributed by atoms with Crippen molar-refractivity contribution in [1.82, 2.24) is 4.90 Å². The van der Waals surface area contributed by atoms with Gasteiger partial charge < -0.3 is 24.4 Å². The van der Waals surface area contributed by atoms with Crippen LogP contribution in [0.15, 0.2) is 49.6 Å². The predicted molar refractivity (Wildman–Crippen MR) is 144 cm³/mol. The Balaban J connectivity index is 1.66. The molecule has 3 saturated heterocycles. The SMILES string of the molecule is C=CCCCCOC(=O)[C@H]1[C@@H]2OC3(CC2Br)C(C(=O)N(CC=C)c2ccc(Cl)cc2)N(CCO)C(=O)[C@H]13. The molecule has 3 aliphatic rings. The lowest BCUT2D eigenvalue weighted by molar-refractivity contribution is -0.155. The van der Waals surface area contributed by atoms with E-state index in [1.54, 1.807) is 30.3 Å². The van der Waals surface area contributed by atoms with Crippen molar-refractivity contribution in [2.24, 2.45) is 11.8 Å². The quantitative estimate of drug-likeness (QED) is 0.172. The van der Waals surface area contributed by atoms with E-state index in [0.717, 1.165) is 12.8 Å². The number of aliphatic hydroxyl groups is 1. The summed E-state index contributed by atoms with van der Waals surface area (Å²) in [5, 5.41) is 10.3. The summed E-state index contributed by atoms with van der Waals surface area (Å²) >= 11 is 9.69. The maximum atomic E-state index is 14.2. The number of fused-ring (bicyclic) bond motifs is 1. The number of hydrogen-bond acceptors (Lipinski definition) is 6. The van der Waals surface area contributed by atoms with Gasteiger partial charge in [-0.3, -0.25) is 14.4 Å². The van der Waals surface area contributed by atoms with E-state index in [-0.39, 0.29) is 42.9 Å². The Morgan fingerprint density at radius 1 is 1.27 bits per heavy atom. The molecular formula is C27H32BrClN2O6. The molecule has 1 aromatic rings. The summed E-state index contributed by atoms with van der Waals surface area (Å²) in [6, 6.07) is 5.78. The molecule has 1 spiro atoms. The second-order valence-corrected chi connectivity index (χ2v) is 11.2. The minimum Gasteiger partial charge on any atom is -0.465 e. The van der Waals surface area contributed by atoms with Gasteiger partial charge in [0, 0.05) is 28.6 Å². The highest BCUT2D eigenvalue weighted by atomic mass is 79.9. The molecule has 6 atom stereocenters. The molecule has 8 nitrogen and oxygen atoms in total. The van der Waals surface area contributed by atoms with Crippen molar-refractivity contribution in [3.8, 4) is 0 Å². The predicted octanol–water partition coefficient (Wildman–Crippen LogP) is 3.50. The van der Waals surface area contributed by atoms with E-state index in [9.17, 15) is 19.5 Å². The van der Waals surface area contributed by atoms with Crippen LogP contribution < -0.4 is 4.90 Å². The molecule has 2 amide bonds. The third-order valence-corrected chi connectivity index (χ3v) is 8.50. The van der Waals surface area contributed by atoms with Gasteiger partial charge in [-0.05, 0) is 49.9 Å². The average Bonchev–Trinajstić information content (AvgIpc) is 3.46. The van der Waals surface area contributed by atoms with Crippen LogP contribution in [0.3, 0.4) is 0 Å². The molecule has 3 heterocycles. The number of aliphatic hydroxyl groups excluding tert-OH is 1. The van der Waals surface area contributed by atoms with E-state index in [0.29, 0.717) is 23.6 Å². The first-order valence-electron chi connectivity index (χ1n) is 12.5. The molecule has 37 heavy (non-hydrogen) atoms. The number of carbonyl (C=O) groups excluding carboxylic acids is 3. The number of amides is 2. The van der Waals surface area contributed by atoms with Gasteiger partial charge in [0.25, 0.3) is 5.91 Å². The van der Waals surface area contributed by atoms with Gasteiger partial charge in [0.15, 0.2) is 0 Å². The molecule has 3 fully saturated rings. The van der Waals surface area contributed by atoms with E-state index in [4.69, 9.17) is 21.1 Å². The molecular weight excluding hydrogens is 564 g/mol. The molecule has 2 bridgehead atoms. The highest BCUT2D eigenvalue weighted by Crippen LogP contribution is 2.60. The zero-order valence-corrected chi connectivity index (χ0v) is 22.9. The summed E-state index contributed by atoms with van der Waals surface area (Å²) in [5.74, 6) is -2.95. The molecule has 4 rings (SSSR count). The lowest BCUT2D eigenvalue weighted by Gasteiger charge is -2.37. The standard InChI is InChI=1S/C27H32BrClN2O6/c1-3-5-6-7-15-36-26(35)20-21-24(33)31(13-14-32)23(27(21)16-19(28)22(20)37-27)25(34)30(12-4-2)18-10-8-17(29)9-11-18/h3-4,8-11,19-23,32H,1-2,5-7,12-16H2/t19?,20-,21+,22-,23?,27?/m1/s1. The molecule has 200 valence electrons. The largest absolute Gasteiger partial charge is 0.465 e. The summed E-state index contributed by atoms with van der Waals surface area (Å²) in [4.78, 5) is 43.8. The maximum Gasteiger partial charge on any atom is 0.312 e. The van der Waals surface area contributed by atoms with E-state index >= 15 is 0 Å². The number of rotatable bonds is 12. The van der Waals surface area contributed by atoms with Crippen LogP contribution in [0.1, 0.15) is 25.7 Å². The van der Waals surface area contributed by atoms with E-state index in [1.165, 1.54) is 9.80 Å². The number of allylic oxidation sites excluding steroid dienone is 1. The summed E-state index contributed by atoms with van der Waals surface area (Å²) in [5.41, 5.74) is -0.635. The van der Waals surface area contributed by atoms with Crippen molar-refractivity contribution in [3.05, 3.63) is 54.6 Å². The van der Waals surface area contributed by atoms with Gasteiger partial charge >= 0.3 is 5.97 Å². The van der Waals surface area contributed by atoms with Gasteiger partial charge in [0.2, 0.25) is 5.91 Å². The second kappa shape index (κ2) is 11.7. The molecule has 3 aliphatic heterocycles. The lowest BCUT2D eigenvalue weighted by Crippen LogP contribution is -2.57. The number of halogens is 2. The minimum absolute atomic E-state index is 0.0552. The van der Waals surface area contributed by atoms with Crippen LogP contribution in [0, 0.1) is 11.8 Å². The van der Waals surface area contributed by atoms with Gasteiger partial charge in [-0.15, -0.1) is 13.2 Å². The van der Waals surface area contributed by atoms with E-state index < -0.39 is 35.6 Å². The van der Waals surface area contributed by atoms with Crippen LogP contribution in [-0.4, -0.2) is 76.7 Å². The summed E-state index contributed by atoms with van der Waals surface area (Å²) in [6.45, 7) is 7.52. The summed E-state index contributed by atoms with van der Waals surface area (Å²) in [6.07, 6.45) is 5.56. The number of carbonyl (C=O) groups is 3. The number of nitrogens with zero attached hydrogens (tertiary/aromatic N) is 2. The minimum atomic E-state index is -1.22. The van der Waals surface area contributed by atoms with Crippen molar-refractivity contribution >= 4 is 51.0 Å². The first kappa shape index (κ1) is 27.8. The van der Waals surface area contributed by atoms with Crippen molar-refractivity contribution in [3.63, 3.8) is 0 Å². The summed E-state index contributed by atoms with van der Waals surface area (Å²) in [7, 11) is 0. The number of benzene rings is 1. The van der Waals surface area contributed by atoms with Gasteiger partial charge in [-0.25, -0.2) is 0 Å². The first-order chi connectivity index (χ1) is 17.8. The lowest BCUT2D eigenvalue weighted by atomic mass is 9.70. The van der Waals surface area contributed by atoms with E-state index in [2.05, 4.69) is 29.1 Å². The number of hydrogen-bond donors (Lipinski definition) is 1. The van der Waals surface area contributed by atoms with Gasteiger partial charge in [-0.1, -0.05) is 39.7 Å². The van der Waals surface area contributed by atoms with Crippen molar-refractivity contribution in [1.29, 1.82) is 0 Å². The van der Waals surface area contributed by atoms with Gasteiger partial charge in [0.05, 0.1) is 31.2 Å². The highest BCUT2D eigenvalue weighted by molar-refractivity contribution is 9.09. The van der Waals surface area contributed by atoms with E-state index in [1.807, 2.05) is 6.08 Å². The number of ether oxygens (including phenoxy) is 2. The van der Waals surface area contributed by atoms with Crippen LogP contribution in [0.25, 0.3) is 0 Å². The number of esters is 1. The summed E-state index contributed by atoms with van der Waals surface area (Å²) < 4.78 is 12.0. The van der Waals surface area contributed by atoms with Crippen molar-refractivity contribution in [2.45, 2.75) is 48.3 Å². The van der Waals surface area contributed by atoms with Crippen molar-refractivity contribution < 1.29 is 29.0 Å². The maximum absolute atomic E-state index is 14.2. The molecule has 1 aromatic carbocycles. The Morgan fingerprint density at radius 2 is 2.00 bits per heavy atom. The van der Waals surface area contributed by atoms with Crippen LogP contribution >= 0.6 is 27.5 Å². The van der Waals surface area contributed by atoms with Crippen LogP contribution in [-0.2, 0) is 23.9 Å².